The third kappa shape index (κ3) is 10.8. The maximum Gasteiger partial charge on any atom is 0.235 e. The highest BCUT2D eigenvalue weighted by Crippen LogP contribution is 2.51. The zero-order valence-corrected chi connectivity index (χ0v) is 67.3. The van der Waals surface area contributed by atoms with E-state index in [-0.39, 0.29) is 0 Å². The summed E-state index contributed by atoms with van der Waals surface area (Å²) in [4.78, 5) is 53.1. The smallest absolute Gasteiger partial charge is 0.235 e. The fourth-order valence-electron chi connectivity index (χ4n) is 19.7. The maximum absolute atomic E-state index is 5.96. The molecule has 17 heteroatoms. The second-order valence-electron chi connectivity index (χ2n) is 31.9. The van der Waals surface area contributed by atoms with E-state index in [1.54, 1.807) is 18.7 Å². The predicted molar refractivity (Wildman–Crippen MR) is 511 cm³/mol. The molecule has 0 aliphatic carbocycles. The van der Waals surface area contributed by atoms with Crippen LogP contribution in [0.4, 0.5) is 0 Å². The Morgan fingerprint density at radius 1 is 0.222 bits per heavy atom. The van der Waals surface area contributed by atoms with Crippen LogP contribution in [-0.4, -0.2) is 86.2 Å². The van der Waals surface area contributed by atoms with Gasteiger partial charge in [-0.2, -0.15) is 0 Å². The molecule has 0 fully saturated rings. The highest BCUT2D eigenvalue weighted by molar-refractivity contribution is 6.31. The standard InChI is InChI=1S/C109H67N17/c1-5-28-66(29-6-1)86-54-57-113-107(116-86)124-94-49-22-16-43-77(94)84-60-82(97-80-44-17-23-50-95(80)121(103(97)101(84)124)73-38-11-4-12-39-73)69-34-25-37-72(58-69)90-63-88(68-32-9-3-10-33-68)118-109(120-90)126-96-51-24-18-45-81(96)98-83(61-85-76-42-15-21-48-93(76)123(102(85)104(98)126)106-114-64-110-65-115-106)70-35-26-36-71(59-70)89-62-87(67-30-7-2-8-31-67)117-108(119-89)125-92-47-20-14-41-75(92)79-53-52-78-74-40-13-19-46-91(74)122(99(78)100(79)125)105-111-55-27-56-112-105/h1-64H,65H2,(H,110,114,115). The van der Waals surface area contributed by atoms with Crippen LogP contribution in [0.3, 0.4) is 0 Å². The lowest BCUT2D eigenvalue weighted by Gasteiger charge is -2.17. The normalized spacial score (nSPS) is 12.5. The van der Waals surface area contributed by atoms with Gasteiger partial charge in [-0.05, 0) is 119 Å². The SMILES string of the molecule is C1=NCNC(n2c3ccccc3c3cc(-c4cccc(-c5cc(-c6ccccc6)nc(-n6c7ccccc7c7ccc8c9ccccc9n(-c9ncccn9)c8c76)n5)c4)c4c5ccccc5n(-c5nc(-c6ccccc6)cc(-c6cccc(-c7cc8c9ccccc9n(-c9nccc(-c%10ccccc%10)n9)c8c8c7c7ccccc7n8-c7ccccc7)c6)n5)c4c32)=N1. The summed E-state index contributed by atoms with van der Waals surface area (Å²) in [7, 11) is 0. The second-order valence-corrected chi connectivity index (χ2v) is 31.9. The number of fused-ring (bicyclic) bond motifs is 21. The van der Waals surface area contributed by atoms with Crippen LogP contribution < -0.4 is 5.32 Å². The van der Waals surface area contributed by atoms with Gasteiger partial charge in [0.25, 0.3) is 0 Å². The maximum atomic E-state index is 5.96. The third-order valence-electron chi connectivity index (χ3n) is 25.0. The summed E-state index contributed by atoms with van der Waals surface area (Å²) in [5.74, 6) is 2.77. The number of rotatable bonds is 12. The van der Waals surface area contributed by atoms with Gasteiger partial charge < -0.3 is 9.88 Å². The minimum absolute atomic E-state index is 0.343. The number of nitrogens with one attached hydrogen (secondary N) is 1. The molecule has 0 bridgehead atoms. The number of benzene rings is 15. The molecule has 0 saturated carbocycles. The summed E-state index contributed by atoms with van der Waals surface area (Å²) in [6.07, 6.45) is 7.13. The molecule has 0 saturated heterocycles. The molecule has 11 heterocycles. The Bertz CT molecular complexity index is 8910. The quantitative estimate of drug-likeness (QED) is 0.125. The van der Waals surface area contributed by atoms with Crippen LogP contribution in [0.2, 0.25) is 0 Å². The minimum atomic E-state index is 0.343. The summed E-state index contributed by atoms with van der Waals surface area (Å²) in [5, 5.41) is 16.2. The first-order valence-corrected chi connectivity index (χ1v) is 42.1. The summed E-state index contributed by atoms with van der Waals surface area (Å²) < 4.78 is 13.7. The molecular formula is C109H67N17. The number of hydrogen-bond donors (Lipinski definition) is 1. The first kappa shape index (κ1) is 70.4. The molecule has 1 N–H and O–H groups in total. The van der Waals surface area contributed by atoms with Crippen molar-refractivity contribution in [3.05, 3.63) is 383 Å². The third-order valence-corrected chi connectivity index (χ3v) is 25.0. The zero-order chi connectivity index (χ0) is 82.6. The van der Waals surface area contributed by atoms with Crippen molar-refractivity contribution in [3.8, 4) is 108 Å². The largest absolute Gasteiger partial charge is 0.336 e. The van der Waals surface area contributed by atoms with Gasteiger partial charge in [0.15, 0.2) is 0 Å². The van der Waals surface area contributed by atoms with E-state index in [0.717, 1.165) is 215 Å². The van der Waals surface area contributed by atoms with E-state index in [4.69, 9.17) is 44.9 Å². The van der Waals surface area contributed by atoms with Crippen molar-refractivity contribution in [2.24, 2.45) is 9.98 Å². The van der Waals surface area contributed by atoms with Gasteiger partial charge in [0.1, 0.15) is 13.0 Å². The molecule has 10 aromatic heterocycles. The average Bonchev–Trinajstić information content (AvgIpc) is 1.54. The van der Waals surface area contributed by atoms with Crippen LogP contribution in [0.5, 0.6) is 0 Å². The molecule has 0 radical (unpaired) electrons. The number of nitrogens with zero attached hydrogens (tertiary/aromatic N) is 16. The van der Waals surface area contributed by atoms with Crippen molar-refractivity contribution in [2.75, 3.05) is 6.67 Å². The Labute approximate surface area is 718 Å². The number of para-hydroxylation sites is 7. The highest BCUT2D eigenvalue weighted by atomic mass is 15.3. The fraction of sp³-hybridized carbons (Fsp3) is 0.00917. The van der Waals surface area contributed by atoms with E-state index in [0.29, 0.717) is 36.4 Å². The second kappa shape index (κ2) is 28.1. The monoisotopic (exact) mass is 1610 g/mol. The van der Waals surface area contributed by atoms with Crippen molar-refractivity contribution in [3.63, 3.8) is 0 Å². The zero-order valence-electron chi connectivity index (χ0n) is 67.3. The van der Waals surface area contributed by atoms with E-state index < -0.39 is 0 Å². The van der Waals surface area contributed by atoms with E-state index in [1.165, 1.54) is 0 Å². The lowest BCUT2D eigenvalue weighted by molar-refractivity contribution is 0.881. The lowest BCUT2D eigenvalue weighted by Crippen LogP contribution is -2.32. The first-order valence-electron chi connectivity index (χ1n) is 42.1. The number of aliphatic imine (C=N–C) groups is 2. The van der Waals surface area contributed by atoms with Crippen molar-refractivity contribution in [1.29, 1.82) is 0 Å². The average molecular weight is 1610 g/mol. The van der Waals surface area contributed by atoms with Crippen molar-refractivity contribution in [1.82, 2.24) is 72.6 Å². The Morgan fingerprint density at radius 2 is 0.571 bits per heavy atom. The van der Waals surface area contributed by atoms with E-state index in [2.05, 4.69) is 377 Å². The van der Waals surface area contributed by atoms with Gasteiger partial charge in [-0.3, -0.25) is 27.8 Å². The predicted octanol–water partition coefficient (Wildman–Crippen LogP) is 24.9. The molecule has 0 atom stereocenters. The molecule has 1 aliphatic rings. The van der Waals surface area contributed by atoms with Crippen molar-refractivity contribution in [2.45, 2.75) is 0 Å². The summed E-state index contributed by atoms with van der Waals surface area (Å²) in [6.45, 7) is 0.343. The van der Waals surface area contributed by atoms with Gasteiger partial charge in [0.2, 0.25) is 29.8 Å². The molecule has 0 spiro atoms. The molecule has 25 aromatic rings. The highest BCUT2D eigenvalue weighted by Gasteiger charge is 2.32. The van der Waals surface area contributed by atoms with Gasteiger partial charge in [0, 0.05) is 117 Å². The van der Waals surface area contributed by atoms with Gasteiger partial charge in [-0.1, -0.05) is 267 Å². The van der Waals surface area contributed by atoms with Gasteiger partial charge in [-0.15, -0.1) is 0 Å². The van der Waals surface area contributed by atoms with Gasteiger partial charge in [-0.25, -0.2) is 44.9 Å². The Morgan fingerprint density at radius 3 is 1.06 bits per heavy atom. The lowest BCUT2D eigenvalue weighted by atomic mass is 9.94. The van der Waals surface area contributed by atoms with Gasteiger partial charge in [0.05, 0.1) is 94.7 Å². The Balaban J connectivity index is 0.708. The first-order chi connectivity index (χ1) is 62.5. The van der Waals surface area contributed by atoms with Crippen molar-refractivity contribution >= 4 is 143 Å². The van der Waals surface area contributed by atoms with E-state index in [1.807, 2.05) is 30.5 Å². The molecule has 15 aromatic carbocycles. The topological polar surface area (TPSA) is 169 Å². The van der Waals surface area contributed by atoms with Crippen LogP contribution in [-0.2, 0) is 0 Å². The fourth-order valence-corrected chi connectivity index (χ4v) is 19.7. The molecule has 17 nitrogen and oxygen atoms in total. The van der Waals surface area contributed by atoms with Gasteiger partial charge >= 0.3 is 0 Å². The molecule has 588 valence electrons. The van der Waals surface area contributed by atoms with Crippen molar-refractivity contribution < 1.29 is 0 Å². The molecular weight excluding hydrogens is 1550 g/mol. The van der Waals surface area contributed by atoms with E-state index in [9.17, 15) is 0 Å². The molecule has 0 amide bonds. The van der Waals surface area contributed by atoms with E-state index >= 15 is 0 Å². The number of hydrogen-bond acceptors (Lipinski definition) is 11. The van der Waals surface area contributed by atoms with Crippen LogP contribution in [0.1, 0.15) is 0 Å². The van der Waals surface area contributed by atoms with Crippen LogP contribution in [0, 0.1) is 0 Å². The summed E-state index contributed by atoms with van der Waals surface area (Å²) >= 11 is 0. The minimum Gasteiger partial charge on any atom is -0.336 e. The van der Waals surface area contributed by atoms with Crippen LogP contribution in [0.25, 0.3) is 239 Å². The molecule has 26 rings (SSSR count). The summed E-state index contributed by atoms with van der Waals surface area (Å²) in [6, 6.07) is 129. The molecule has 126 heavy (non-hydrogen) atoms. The summed E-state index contributed by atoms with van der Waals surface area (Å²) in [5.41, 5.74) is 25.2. The Hall–Kier alpha value is -17.4. The molecule has 0 unspecified atom stereocenters. The number of aromatic nitrogens is 14. The Kier molecular flexibility index (Phi) is 15.7. The molecule has 1 aliphatic heterocycles. The van der Waals surface area contributed by atoms with Crippen LogP contribution in [0.15, 0.2) is 393 Å². The van der Waals surface area contributed by atoms with Crippen LogP contribution >= 0.6 is 0 Å².